The van der Waals surface area contributed by atoms with Crippen LogP contribution in [-0.2, 0) is 11.2 Å². The van der Waals surface area contributed by atoms with Crippen LogP contribution in [0.4, 0.5) is 0 Å². The highest BCUT2D eigenvalue weighted by Crippen LogP contribution is 2.35. The van der Waals surface area contributed by atoms with E-state index >= 15 is 0 Å². The predicted molar refractivity (Wildman–Crippen MR) is 81.7 cm³/mol. The molecule has 2 aromatic carbocycles. The molecule has 0 saturated carbocycles. The molecule has 0 aromatic heterocycles. The fraction of sp³-hybridized carbons (Fsp3) is 0.222. The van der Waals surface area contributed by atoms with Gasteiger partial charge in [0.1, 0.15) is 11.5 Å². The number of fused-ring (bicyclic) bond motifs is 2. The summed E-state index contributed by atoms with van der Waals surface area (Å²) >= 11 is 0. The molecule has 0 spiro atoms. The van der Waals surface area contributed by atoms with Crippen molar-refractivity contribution in [3.63, 3.8) is 0 Å². The van der Waals surface area contributed by atoms with E-state index in [-0.39, 0.29) is 12.2 Å². The van der Waals surface area contributed by atoms with Crippen molar-refractivity contribution < 1.29 is 19.4 Å². The Bertz CT molecular complexity index is 749. The first-order valence-corrected chi connectivity index (χ1v) is 7.26. The van der Waals surface area contributed by atoms with Gasteiger partial charge in [0.05, 0.1) is 11.5 Å². The standard InChI is InChI=1S/C18H16O4/c1-2-13(18(20)21)11-7-8-17-14(9-11)15(19)10-12-5-3-4-6-16(12)22-17/h3-9,13H,2,10H2,1H3,(H,20,21). The molecule has 2 aromatic rings. The van der Waals surface area contributed by atoms with Crippen molar-refractivity contribution in [1.29, 1.82) is 0 Å². The first-order valence-electron chi connectivity index (χ1n) is 7.26. The minimum absolute atomic E-state index is 0.0537. The Morgan fingerprint density at radius 2 is 2.00 bits per heavy atom. The van der Waals surface area contributed by atoms with Gasteiger partial charge < -0.3 is 9.84 Å². The molecule has 4 heteroatoms. The second-order valence-corrected chi connectivity index (χ2v) is 5.36. The maximum Gasteiger partial charge on any atom is 0.310 e. The Balaban J connectivity index is 2.05. The molecule has 22 heavy (non-hydrogen) atoms. The third-order valence-corrected chi connectivity index (χ3v) is 3.96. The van der Waals surface area contributed by atoms with Crippen molar-refractivity contribution in [2.75, 3.05) is 0 Å². The maximum atomic E-state index is 12.5. The van der Waals surface area contributed by atoms with E-state index in [1.165, 1.54) is 0 Å². The molecular formula is C18H16O4. The zero-order chi connectivity index (χ0) is 15.7. The van der Waals surface area contributed by atoms with Crippen molar-refractivity contribution >= 4 is 11.8 Å². The topological polar surface area (TPSA) is 63.6 Å². The average molecular weight is 296 g/mol. The summed E-state index contributed by atoms with van der Waals surface area (Å²) < 4.78 is 5.83. The first kappa shape index (κ1) is 14.3. The molecule has 0 fully saturated rings. The van der Waals surface area contributed by atoms with Gasteiger partial charge in [0.2, 0.25) is 0 Å². The molecule has 0 saturated heterocycles. The van der Waals surface area contributed by atoms with Crippen LogP contribution in [-0.4, -0.2) is 16.9 Å². The molecule has 0 aliphatic carbocycles. The molecule has 4 nitrogen and oxygen atoms in total. The van der Waals surface area contributed by atoms with E-state index in [2.05, 4.69) is 0 Å². The summed E-state index contributed by atoms with van der Waals surface area (Å²) in [6, 6.07) is 12.5. The largest absolute Gasteiger partial charge is 0.481 e. The normalized spacial score (nSPS) is 14.3. The Kier molecular flexibility index (Phi) is 3.67. The zero-order valence-corrected chi connectivity index (χ0v) is 12.2. The Hall–Kier alpha value is -2.62. The molecule has 0 amide bonds. The fourth-order valence-corrected chi connectivity index (χ4v) is 2.76. The molecule has 0 radical (unpaired) electrons. The Labute approximate surface area is 128 Å². The lowest BCUT2D eigenvalue weighted by atomic mass is 9.93. The average Bonchev–Trinajstić information content (AvgIpc) is 2.64. The van der Waals surface area contributed by atoms with Crippen LogP contribution < -0.4 is 4.74 Å². The SMILES string of the molecule is CCC(C(=O)O)c1ccc2c(c1)C(=O)Cc1ccccc1O2. The van der Waals surface area contributed by atoms with Gasteiger partial charge in [-0.2, -0.15) is 0 Å². The van der Waals surface area contributed by atoms with E-state index in [0.717, 1.165) is 5.56 Å². The highest BCUT2D eigenvalue weighted by molar-refractivity contribution is 6.01. The number of benzene rings is 2. The highest BCUT2D eigenvalue weighted by Gasteiger charge is 2.24. The second-order valence-electron chi connectivity index (χ2n) is 5.36. The lowest BCUT2D eigenvalue weighted by molar-refractivity contribution is -0.138. The summed E-state index contributed by atoms with van der Waals surface area (Å²) in [6.07, 6.45) is 0.736. The number of hydrogen-bond donors (Lipinski definition) is 1. The van der Waals surface area contributed by atoms with Gasteiger partial charge in [-0.15, -0.1) is 0 Å². The Morgan fingerprint density at radius 3 is 2.73 bits per heavy atom. The number of carbonyl (C=O) groups excluding carboxylic acids is 1. The molecule has 1 aliphatic heterocycles. The van der Waals surface area contributed by atoms with Crippen LogP contribution in [0.5, 0.6) is 11.5 Å². The fourth-order valence-electron chi connectivity index (χ4n) is 2.76. The number of carboxylic acids is 1. The summed E-state index contributed by atoms with van der Waals surface area (Å²) in [5, 5.41) is 9.28. The van der Waals surface area contributed by atoms with Crippen LogP contribution in [0.3, 0.4) is 0 Å². The number of ether oxygens (including phenoxy) is 1. The lowest BCUT2D eigenvalue weighted by Crippen LogP contribution is -2.12. The second kappa shape index (κ2) is 5.64. The van der Waals surface area contributed by atoms with Crippen molar-refractivity contribution in [2.24, 2.45) is 0 Å². The number of aliphatic carboxylic acids is 1. The van der Waals surface area contributed by atoms with E-state index in [9.17, 15) is 14.7 Å². The monoisotopic (exact) mass is 296 g/mol. The van der Waals surface area contributed by atoms with E-state index in [1.54, 1.807) is 18.2 Å². The van der Waals surface area contributed by atoms with Crippen LogP contribution in [0.1, 0.15) is 40.7 Å². The summed E-state index contributed by atoms with van der Waals surface area (Å²) in [5.41, 5.74) is 1.93. The highest BCUT2D eigenvalue weighted by atomic mass is 16.5. The van der Waals surface area contributed by atoms with Gasteiger partial charge in [-0.1, -0.05) is 31.2 Å². The quantitative estimate of drug-likeness (QED) is 0.935. The Morgan fingerprint density at radius 1 is 1.23 bits per heavy atom. The summed E-state index contributed by atoms with van der Waals surface area (Å²) in [5.74, 6) is -0.384. The minimum Gasteiger partial charge on any atom is -0.481 e. The molecule has 1 unspecified atom stereocenters. The van der Waals surface area contributed by atoms with Gasteiger partial charge in [-0.05, 0) is 30.2 Å². The molecular weight excluding hydrogens is 280 g/mol. The summed E-state index contributed by atoms with van der Waals surface area (Å²) in [6.45, 7) is 1.82. The summed E-state index contributed by atoms with van der Waals surface area (Å²) in [4.78, 5) is 23.8. The summed E-state index contributed by atoms with van der Waals surface area (Å²) in [7, 11) is 0. The van der Waals surface area contributed by atoms with Gasteiger partial charge in [-0.3, -0.25) is 9.59 Å². The minimum atomic E-state index is -0.882. The van der Waals surface area contributed by atoms with E-state index in [0.29, 0.717) is 29.0 Å². The number of ketones is 1. The smallest absolute Gasteiger partial charge is 0.310 e. The van der Waals surface area contributed by atoms with Gasteiger partial charge >= 0.3 is 5.97 Å². The molecule has 3 rings (SSSR count). The molecule has 0 bridgehead atoms. The predicted octanol–water partition coefficient (Wildman–Crippen LogP) is 3.80. The van der Waals surface area contributed by atoms with Crippen LogP contribution in [0.25, 0.3) is 0 Å². The van der Waals surface area contributed by atoms with Crippen molar-refractivity contribution in [2.45, 2.75) is 25.7 Å². The van der Waals surface area contributed by atoms with E-state index < -0.39 is 11.9 Å². The molecule has 1 N–H and O–H groups in total. The number of carbonyl (C=O) groups is 2. The number of para-hydroxylation sites is 1. The van der Waals surface area contributed by atoms with Gasteiger partial charge in [0.15, 0.2) is 5.78 Å². The number of carboxylic acid groups (broad SMARTS) is 1. The van der Waals surface area contributed by atoms with Gasteiger partial charge in [0.25, 0.3) is 0 Å². The van der Waals surface area contributed by atoms with E-state index in [4.69, 9.17) is 4.74 Å². The van der Waals surface area contributed by atoms with Crippen LogP contribution in [0.15, 0.2) is 42.5 Å². The van der Waals surface area contributed by atoms with Gasteiger partial charge in [-0.25, -0.2) is 0 Å². The van der Waals surface area contributed by atoms with Crippen LogP contribution in [0, 0.1) is 0 Å². The van der Waals surface area contributed by atoms with Gasteiger partial charge in [0, 0.05) is 12.0 Å². The third kappa shape index (κ3) is 2.48. The lowest BCUT2D eigenvalue weighted by Gasteiger charge is -2.13. The molecule has 1 atom stereocenters. The maximum absolute atomic E-state index is 12.5. The third-order valence-electron chi connectivity index (χ3n) is 3.96. The van der Waals surface area contributed by atoms with Crippen LogP contribution in [0.2, 0.25) is 0 Å². The zero-order valence-electron chi connectivity index (χ0n) is 12.2. The first-order chi connectivity index (χ1) is 10.6. The van der Waals surface area contributed by atoms with Crippen molar-refractivity contribution in [1.82, 2.24) is 0 Å². The van der Waals surface area contributed by atoms with Crippen LogP contribution >= 0.6 is 0 Å². The number of rotatable bonds is 3. The van der Waals surface area contributed by atoms with Crippen molar-refractivity contribution in [3.8, 4) is 11.5 Å². The van der Waals surface area contributed by atoms with E-state index in [1.807, 2.05) is 31.2 Å². The number of hydrogen-bond acceptors (Lipinski definition) is 3. The molecule has 1 heterocycles. The van der Waals surface area contributed by atoms with Crippen molar-refractivity contribution in [3.05, 3.63) is 59.2 Å². The molecule has 1 aliphatic rings. The molecule has 112 valence electrons. The number of Topliss-reactive ketones (excluding diaryl/α,β-unsaturated/α-hetero) is 1.